The molecule has 0 aromatic heterocycles. The third-order valence-corrected chi connectivity index (χ3v) is 16.5. The van der Waals surface area contributed by atoms with Crippen LogP contribution >= 0.6 is 14.5 Å². The quantitative estimate of drug-likeness (QED) is 0.0197. The second kappa shape index (κ2) is 24.4. The first-order valence-electron chi connectivity index (χ1n) is 22.5. The molecule has 3 unspecified atom stereocenters. The topological polar surface area (TPSA) is 190 Å². The number of rotatable bonds is 24. The monoisotopic (exact) mass is 978 g/mol. The van der Waals surface area contributed by atoms with Crippen LogP contribution in [-0.2, 0) is 47.0 Å². The summed E-state index contributed by atoms with van der Waals surface area (Å²) in [4.78, 5) is 69.2. The number of hydrogen-bond acceptors (Lipinski definition) is 12. The van der Waals surface area contributed by atoms with E-state index < -0.39 is 62.2 Å². The lowest BCUT2D eigenvalue weighted by atomic mass is 9.97. The highest BCUT2D eigenvalue weighted by molar-refractivity contribution is 7.93. The Kier molecular flexibility index (Phi) is 19.1. The van der Waals surface area contributed by atoms with Gasteiger partial charge in [0, 0.05) is 44.5 Å². The summed E-state index contributed by atoms with van der Waals surface area (Å²) in [7, 11) is -8.04. The highest BCUT2D eigenvalue weighted by Gasteiger charge is 2.40. The van der Waals surface area contributed by atoms with Crippen LogP contribution < -0.4 is 26.5 Å². The van der Waals surface area contributed by atoms with Crippen molar-refractivity contribution < 1.29 is 56.6 Å². The molecule has 0 heterocycles. The van der Waals surface area contributed by atoms with Crippen molar-refractivity contribution in [3.63, 3.8) is 0 Å². The first-order valence-corrected chi connectivity index (χ1v) is 25.8. The van der Waals surface area contributed by atoms with Crippen molar-refractivity contribution in [3.05, 3.63) is 160 Å². The Balaban J connectivity index is 1.46. The third kappa shape index (κ3) is 12.8. The first kappa shape index (κ1) is 53.8. The van der Waals surface area contributed by atoms with Gasteiger partial charge in [0.15, 0.2) is 6.29 Å². The minimum atomic E-state index is -4.09. The molecule has 0 radical (unpaired) electrons. The van der Waals surface area contributed by atoms with Crippen molar-refractivity contribution in [3.8, 4) is 0 Å². The van der Waals surface area contributed by atoms with Gasteiger partial charge in [-0.15, -0.1) is 0 Å². The van der Waals surface area contributed by atoms with Crippen molar-refractivity contribution in [2.24, 2.45) is 0 Å². The van der Waals surface area contributed by atoms with Crippen molar-refractivity contribution in [2.45, 2.75) is 74.2 Å². The second-order valence-electron chi connectivity index (χ2n) is 16.3. The summed E-state index contributed by atoms with van der Waals surface area (Å²) in [5.41, 5.74) is 2.51. The first-order chi connectivity index (χ1) is 32.9. The maximum Gasteiger partial charge on any atom is 0.330 e. The lowest BCUT2D eigenvalue weighted by Crippen LogP contribution is -2.38. The normalized spacial score (nSPS) is 13.1. The van der Waals surface area contributed by atoms with Gasteiger partial charge in [0.1, 0.15) is 12.7 Å². The fourth-order valence-electron chi connectivity index (χ4n) is 8.11. The van der Waals surface area contributed by atoms with Crippen LogP contribution in [0, 0.1) is 41.5 Å². The van der Waals surface area contributed by atoms with Crippen LogP contribution in [0.5, 0.6) is 0 Å². The molecule has 0 aliphatic rings. The Bertz CT molecular complexity index is 2740. The molecule has 2 N–H and O–H groups in total. The summed E-state index contributed by atoms with van der Waals surface area (Å²) < 4.78 is 57.6. The van der Waals surface area contributed by atoms with E-state index in [4.69, 9.17) is 23.5 Å². The number of carbonyl (C=O) groups excluding carboxylic acids is 5. The van der Waals surface area contributed by atoms with Gasteiger partial charge in [-0.3, -0.25) is 23.7 Å². The van der Waals surface area contributed by atoms with Gasteiger partial charge in [-0.25, -0.2) is 4.79 Å². The molecule has 0 fully saturated rings. The van der Waals surface area contributed by atoms with E-state index in [0.29, 0.717) is 44.0 Å². The van der Waals surface area contributed by atoms with E-state index >= 15 is 4.57 Å². The number of nitrogens with one attached hydrogen (secondary N) is 2. The predicted molar refractivity (Wildman–Crippen MR) is 269 cm³/mol. The van der Waals surface area contributed by atoms with Gasteiger partial charge in [-0.2, -0.15) is 0 Å². The van der Waals surface area contributed by atoms with Crippen molar-refractivity contribution in [1.82, 2.24) is 0 Å². The Morgan fingerprint density at radius 3 is 1.62 bits per heavy atom. The largest absolute Gasteiger partial charge is 0.460 e. The molecule has 5 aromatic carbocycles. The molecular weight excluding hydrogens is 919 g/mol. The Labute approximate surface area is 404 Å². The van der Waals surface area contributed by atoms with Gasteiger partial charge < -0.3 is 38.7 Å². The summed E-state index contributed by atoms with van der Waals surface area (Å²) in [6.07, 6.45) is -2.06. The van der Waals surface area contributed by atoms with E-state index in [1.165, 1.54) is 0 Å². The number of ether oxygens (including phenoxy) is 4. The van der Waals surface area contributed by atoms with Crippen LogP contribution in [0.25, 0.3) is 0 Å². The van der Waals surface area contributed by atoms with E-state index in [0.717, 1.165) is 6.08 Å². The van der Waals surface area contributed by atoms with E-state index in [-0.39, 0.29) is 60.8 Å². The van der Waals surface area contributed by atoms with E-state index in [1.807, 2.05) is 0 Å². The van der Waals surface area contributed by atoms with Crippen molar-refractivity contribution in [1.29, 1.82) is 0 Å². The number of benzene rings is 5. The molecule has 5 rings (SSSR count). The maximum atomic E-state index is 15.2. The second-order valence-corrected chi connectivity index (χ2v) is 21.2. The maximum absolute atomic E-state index is 15.2. The lowest BCUT2D eigenvalue weighted by Gasteiger charge is -2.25. The summed E-state index contributed by atoms with van der Waals surface area (Å²) >= 11 is 0. The van der Waals surface area contributed by atoms with Crippen molar-refractivity contribution >= 4 is 70.6 Å². The SMILES string of the molecule is C=CC(=O)OCCOCCOC(C)OC(CC(=O)Nc1c(C)cc(C)c(C(=O)P(=O)(OCC)c2ccccc2)c1C)C(=O)Nc1c(C)cc(C)c(C(=O)P(=O)(c2ccccc2)c2ccccc2)c1C. The minimum absolute atomic E-state index is 0.00389. The van der Waals surface area contributed by atoms with Gasteiger partial charge >= 0.3 is 13.3 Å². The summed E-state index contributed by atoms with van der Waals surface area (Å²) in [5, 5.41) is 6.73. The number of aryl methyl sites for hydroxylation is 4. The molecule has 364 valence electrons. The van der Waals surface area contributed by atoms with Crippen LogP contribution in [0.15, 0.2) is 116 Å². The molecule has 16 heteroatoms. The third-order valence-electron chi connectivity index (χ3n) is 11.3. The lowest BCUT2D eigenvalue weighted by molar-refractivity contribution is -0.176. The van der Waals surface area contributed by atoms with Crippen LogP contribution in [0.4, 0.5) is 11.4 Å². The number of carbonyl (C=O) groups is 5. The smallest absolute Gasteiger partial charge is 0.330 e. The highest BCUT2D eigenvalue weighted by Crippen LogP contribution is 2.51. The van der Waals surface area contributed by atoms with Gasteiger partial charge in [-0.1, -0.05) is 97.6 Å². The van der Waals surface area contributed by atoms with Crippen LogP contribution in [-0.4, -0.2) is 74.3 Å². The number of esters is 1. The Morgan fingerprint density at radius 1 is 0.638 bits per heavy atom. The van der Waals surface area contributed by atoms with E-state index in [1.54, 1.807) is 159 Å². The molecule has 0 bridgehead atoms. The van der Waals surface area contributed by atoms with Gasteiger partial charge in [0.05, 0.1) is 32.8 Å². The van der Waals surface area contributed by atoms with Gasteiger partial charge in [0.2, 0.25) is 18.6 Å². The highest BCUT2D eigenvalue weighted by atomic mass is 31.2. The molecule has 14 nitrogen and oxygen atoms in total. The van der Waals surface area contributed by atoms with Crippen LogP contribution in [0.1, 0.15) is 74.4 Å². The Hall–Kier alpha value is -6.11. The molecule has 0 aliphatic heterocycles. The zero-order chi connectivity index (χ0) is 50.5. The van der Waals surface area contributed by atoms with Crippen molar-refractivity contribution in [2.75, 3.05) is 43.7 Å². The molecule has 69 heavy (non-hydrogen) atoms. The molecule has 0 saturated heterocycles. The summed E-state index contributed by atoms with van der Waals surface area (Å²) in [5.74, 6) is -2.00. The van der Waals surface area contributed by atoms with Gasteiger partial charge in [-0.05, 0) is 101 Å². The fourth-order valence-corrected chi connectivity index (χ4v) is 12.8. The molecule has 0 saturated carbocycles. The number of hydrogen-bond donors (Lipinski definition) is 2. The fraction of sp³-hybridized carbons (Fsp3) is 0.302. The molecular formula is C53H60N2O12P2. The zero-order valence-corrected chi connectivity index (χ0v) is 42.1. The van der Waals surface area contributed by atoms with Crippen LogP contribution in [0.3, 0.4) is 0 Å². The van der Waals surface area contributed by atoms with Crippen LogP contribution in [0.2, 0.25) is 0 Å². The van der Waals surface area contributed by atoms with Gasteiger partial charge in [0.25, 0.3) is 11.4 Å². The average Bonchev–Trinajstić information content (AvgIpc) is 3.33. The standard InChI is InChI=1S/C53H60N2O12P2/c1-10-46(57)65-30-28-63-27-29-64-40(9)67-44(33-45(56)54-49-36(5)32-35(4)48(39(49)8)53(60)69(62,66-11-2)43-25-19-14-20-26-43)51(58)55-50-37(6)31-34(3)47(38(50)7)52(59)68(61,41-21-15-12-16-22-41)42-23-17-13-18-24-42/h10,12-26,31-32,40,44H,1,11,27-30,33H2,2-9H3,(H,54,56)(H,55,58). The number of anilines is 2. The molecule has 5 aromatic rings. The molecule has 0 spiro atoms. The molecule has 0 aliphatic carbocycles. The number of amides is 2. The summed E-state index contributed by atoms with van der Waals surface area (Å²) in [6, 6.07) is 28.8. The van der Waals surface area contributed by atoms with E-state index in [2.05, 4.69) is 17.2 Å². The predicted octanol–water partition coefficient (Wildman–Crippen LogP) is 8.93. The summed E-state index contributed by atoms with van der Waals surface area (Å²) in [6.45, 7) is 17.0. The average molecular weight is 979 g/mol. The Morgan fingerprint density at radius 2 is 1.12 bits per heavy atom. The molecule has 2 amide bonds. The van der Waals surface area contributed by atoms with E-state index in [9.17, 15) is 28.5 Å². The molecule has 3 atom stereocenters. The zero-order valence-electron chi connectivity index (χ0n) is 40.3. The minimum Gasteiger partial charge on any atom is -0.460 e.